The van der Waals surface area contributed by atoms with Crippen molar-refractivity contribution in [3.05, 3.63) is 21.9 Å². The maximum atomic E-state index is 12.1. The van der Waals surface area contributed by atoms with Crippen molar-refractivity contribution < 1.29 is 14.3 Å². The number of amides is 1. The van der Waals surface area contributed by atoms with E-state index in [2.05, 4.69) is 16.7 Å². The summed E-state index contributed by atoms with van der Waals surface area (Å²) in [7, 11) is 0. The van der Waals surface area contributed by atoms with Crippen LogP contribution in [-0.4, -0.2) is 37.5 Å². The summed E-state index contributed by atoms with van der Waals surface area (Å²) in [5, 5.41) is 16.6. The Hall–Kier alpha value is -1.46. The monoisotopic (exact) mass is 293 g/mol. The first-order valence-electron chi connectivity index (χ1n) is 6.47. The first-order chi connectivity index (χ1) is 9.71. The molecule has 0 aliphatic carbocycles. The van der Waals surface area contributed by atoms with E-state index in [4.69, 9.17) is 14.7 Å². The van der Waals surface area contributed by atoms with E-state index in [0.717, 1.165) is 5.56 Å². The third-order valence-electron chi connectivity index (χ3n) is 3.49. The summed E-state index contributed by atoms with van der Waals surface area (Å²) >= 11 is 1.38. The summed E-state index contributed by atoms with van der Waals surface area (Å²) in [4.78, 5) is 12.7. The van der Waals surface area contributed by atoms with Crippen LogP contribution in [0, 0.1) is 11.3 Å². The first kappa shape index (κ1) is 13.5. The van der Waals surface area contributed by atoms with Crippen LogP contribution in [0.25, 0.3) is 0 Å². The average Bonchev–Trinajstić information content (AvgIpc) is 3.19. The summed E-state index contributed by atoms with van der Waals surface area (Å²) in [6.45, 7) is 2.15. The van der Waals surface area contributed by atoms with Gasteiger partial charge in [-0.15, -0.1) is 11.3 Å². The molecule has 2 aliphatic rings. The van der Waals surface area contributed by atoms with Crippen molar-refractivity contribution in [1.29, 1.82) is 5.26 Å². The Balaban J connectivity index is 1.51. The van der Waals surface area contributed by atoms with Gasteiger partial charge in [-0.1, -0.05) is 0 Å². The van der Waals surface area contributed by atoms with E-state index in [1.54, 1.807) is 6.07 Å². The van der Waals surface area contributed by atoms with Crippen molar-refractivity contribution in [1.82, 2.24) is 10.6 Å². The molecule has 7 heteroatoms. The Morgan fingerprint density at radius 2 is 2.40 bits per heavy atom. The summed E-state index contributed by atoms with van der Waals surface area (Å²) in [6, 6.07) is 3.58. The van der Waals surface area contributed by atoms with Gasteiger partial charge < -0.3 is 20.1 Å². The van der Waals surface area contributed by atoms with Gasteiger partial charge in [0.1, 0.15) is 10.9 Å². The van der Waals surface area contributed by atoms with Gasteiger partial charge in [0.05, 0.1) is 25.8 Å². The molecule has 6 nitrogen and oxygen atoms in total. The molecule has 1 aromatic rings. The number of ether oxygens (including phenoxy) is 2. The molecular formula is C13H15N3O3S. The lowest BCUT2D eigenvalue weighted by molar-refractivity contribution is -0.144. The number of nitrogens with zero attached hydrogens (tertiary/aromatic N) is 1. The number of carbonyl (C=O) groups excluding carboxylic acids is 1. The normalized spacial score (nSPS) is 23.9. The molecule has 106 valence electrons. The fourth-order valence-corrected chi connectivity index (χ4v) is 3.18. The molecule has 1 amide bonds. The number of hydrogen-bond acceptors (Lipinski definition) is 6. The summed E-state index contributed by atoms with van der Waals surface area (Å²) in [5.41, 5.74) is 0.945. The predicted molar refractivity (Wildman–Crippen MR) is 71.9 cm³/mol. The first-order valence-corrected chi connectivity index (χ1v) is 7.35. The Morgan fingerprint density at radius 3 is 3.10 bits per heavy atom. The lowest BCUT2D eigenvalue weighted by atomic mass is 10.1. The predicted octanol–water partition coefficient (Wildman–Crippen LogP) is 0.341. The maximum absolute atomic E-state index is 12.1. The molecule has 2 aliphatic heterocycles. The van der Waals surface area contributed by atoms with Crippen LogP contribution in [0.4, 0.5) is 0 Å². The smallest absolute Gasteiger partial charge is 0.237 e. The maximum Gasteiger partial charge on any atom is 0.237 e. The highest BCUT2D eigenvalue weighted by atomic mass is 32.1. The van der Waals surface area contributed by atoms with Gasteiger partial charge in [0.25, 0.3) is 0 Å². The van der Waals surface area contributed by atoms with Crippen LogP contribution in [0.1, 0.15) is 16.9 Å². The standard InChI is InChI=1S/C13H15N3O3S/c14-5-10-3-9(7-20-10)6-15-12(17)11-4-13(8-16-11)18-1-2-19-13/h3,7,11,16H,1-2,4,6,8H2,(H,15,17). The van der Waals surface area contributed by atoms with Crippen LogP contribution in [0.15, 0.2) is 11.4 Å². The fourth-order valence-electron chi connectivity index (χ4n) is 2.48. The van der Waals surface area contributed by atoms with Gasteiger partial charge in [-0.3, -0.25) is 4.79 Å². The van der Waals surface area contributed by atoms with Crippen molar-refractivity contribution in [3.8, 4) is 6.07 Å². The van der Waals surface area contributed by atoms with Gasteiger partial charge in [0.15, 0.2) is 5.79 Å². The van der Waals surface area contributed by atoms with E-state index in [1.807, 2.05) is 5.38 Å². The third kappa shape index (κ3) is 2.69. The van der Waals surface area contributed by atoms with Gasteiger partial charge in [-0.05, 0) is 17.0 Å². The highest BCUT2D eigenvalue weighted by Crippen LogP contribution is 2.29. The Morgan fingerprint density at radius 1 is 1.60 bits per heavy atom. The molecule has 20 heavy (non-hydrogen) atoms. The Bertz CT molecular complexity index is 545. The van der Waals surface area contributed by atoms with E-state index in [1.165, 1.54) is 11.3 Å². The lowest BCUT2D eigenvalue weighted by Gasteiger charge is -2.19. The van der Waals surface area contributed by atoms with Crippen LogP contribution in [0.3, 0.4) is 0 Å². The minimum Gasteiger partial charge on any atom is -0.351 e. The molecule has 1 atom stereocenters. The van der Waals surface area contributed by atoms with E-state index in [-0.39, 0.29) is 11.9 Å². The van der Waals surface area contributed by atoms with Crippen molar-refractivity contribution in [3.63, 3.8) is 0 Å². The SMILES string of the molecule is N#Cc1cc(CNC(=O)C2CC3(CN2)OCCO3)cs1. The van der Waals surface area contributed by atoms with Crippen LogP contribution < -0.4 is 10.6 Å². The topological polar surface area (TPSA) is 83.4 Å². The molecule has 2 N–H and O–H groups in total. The second kappa shape index (κ2) is 5.50. The molecule has 1 spiro atoms. The summed E-state index contributed by atoms with van der Waals surface area (Å²) < 4.78 is 11.1. The summed E-state index contributed by atoms with van der Waals surface area (Å²) in [6.07, 6.45) is 0.534. The zero-order chi connectivity index (χ0) is 14.0. The molecule has 1 aromatic heterocycles. The van der Waals surface area contributed by atoms with Crippen LogP contribution >= 0.6 is 11.3 Å². The summed E-state index contributed by atoms with van der Waals surface area (Å²) in [5.74, 6) is -0.677. The fraction of sp³-hybridized carbons (Fsp3) is 0.538. The molecule has 0 saturated carbocycles. The minimum atomic E-state index is -0.613. The van der Waals surface area contributed by atoms with Gasteiger partial charge in [0.2, 0.25) is 5.91 Å². The number of rotatable bonds is 3. The van der Waals surface area contributed by atoms with Gasteiger partial charge >= 0.3 is 0 Å². The number of hydrogen-bond donors (Lipinski definition) is 2. The van der Waals surface area contributed by atoms with E-state index < -0.39 is 5.79 Å². The zero-order valence-corrected chi connectivity index (χ0v) is 11.7. The van der Waals surface area contributed by atoms with Gasteiger partial charge in [0, 0.05) is 13.0 Å². The lowest BCUT2D eigenvalue weighted by Crippen LogP contribution is -2.39. The molecule has 0 aromatic carbocycles. The van der Waals surface area contributed by atoms with E-state index in [9.17, 15) is 4.79 Å². The van der Waals surface area contributed by atoms with Crippen LogP contribution in [-0.2, 0) is 20.8 Å². The van der Waals surface area contributed by atoms with Gasteiger partial charge in [-0.2, -0.15) is 5.26 Å². The Kier molecular flexibility index (Phi) is 3.72. The Labute approximate surface area is 120 Å². The number of nitrogens with one attached hydrogen (secondary N) is 2. The van der Waals surface area contributed by atoms with Crippen molar-refractivity contribution in [2.75, 3.05) is 19.8 Å². The van der Waals surface area contributed by atoms with E-state index in [0.29, 0.717) is 37.6 Å². The second-order valence-electron chi connectivity index (χ2n) is 4.89. The second-order valence-corrected chi connectivity index (χ2v) is 5.81. The molecule has 3 rings (SSSR count). The van der Waals surface area contributed by atoms with Crippen molar-refractivity contribution >= 4 is 17.2 Å². The molecule has 0 radical (unpaired) electrons. The quantitative estimate of drug-likeness (QED) is 0.839. The molecule has 0 bridgehead atoms. The highest BCUT2D eigenvalue weighted by molar-refractivity contribution is 7.10. The van der Waals surface area contributed by atoms with Crippen molar-refractivity contribution in [2.45, 2.75) is 24.8 Å². The average molecular weight is 293 g/mol. The molecule has 3 heterocycles. The number of nitriles is 1. The largest absolute Gasteiger partial charge is 0.351 e. The number of thiophene rings is 1. The molecule has 2 saturated heterocycles. The van der Waals surface area contributed by atoms with Crippen molar-refractivity contribution in [2.24, 2.45) is 0 Å². The van der Waals surface area contributed by atoms with Crippen LogP contribution in [0.2, 0.25) is 0 Å². The number of carbonyl (C=O) groups is 1. The minimum absolute atomic E-state index is 0.0642. The zero-order valence-electron chi connectivity index (χ0n) is 10.8. The van der Waals surface area contributed by atoms with E-state index >= 15 is 0 Å². The highest BCUT2D eigenvalue weighted by Gasteiger charge is 2.46. The molecular weight excluding hydrogens is 278 g/mol. The molecule has 1 unspecified atom stereocenters. The third-order valence-corrected chi connectivity index (χ3v) is 4.38. The van der Waals surface area contributed by atoms with Gasteiger partial charge in [-0.25, -0.2) is 0 Å². The molecule has 2 fully saturated rings. The van der Waals surface area contributed by atoms with Crippen LogP contribution in [0.5, 0.6) is 0 Å².